The van der Waals surface area contributed by atoms with Crippen LogP contribution in [-0.4, -0.2) is 16.3 Å². The summed E-state index contributed by atoms with van der Waals surface area (Å²) >= 11 is 0. The van der Waals surface area contributed by atoms with E-state index in [1.165, 1.54) is 17.2 Å². The van der Waals surface area contributed by atoms with Crippen LogP contribution in [0.25, 0.3) is 16.9 Å². The molecular formula is C19H18FN3. The van der Waals surface area contributed by atoms with E-state index in [2.05, 4.69) is 37.4 Å². The zero-order valence-electron chi connectivity index (χ0n) is 13.2. The molecule has 3 nitrogen and oxygen atoms in total. The molecule has 0 radical (unpaired) electrons. The topological polar surface area (TPSA) is 29.9 Å². The van der Waals surface area contributed by atoms with Gasteiger partial charge >= 0.3 is 0 Å². The Balaban J connectivity index is 1.89. The van der Waals surface area contributed by atoms with Gasteiger partial charge in [0.1, 0.15) is 11.6 Å². The predicted molar refractivity (Wildman–Crippen MR) is 90.6 cm³/mol. The second-order valence-electron chi connectivity index (χ2n) is 6.04. The number of benzene rings is 2. The van der Waals surface area contributed by atoms with Crippen molar-refractivity contribution < 1.29 is 4.39 Å². The van der Waals surface area contributed by atoms with Crippen LogP contribution in [0, 0.1) is 19.7 Å². The Morgan fingerprint density at radius 1 is 1.09 bits per heavy atom. The van der Waals surface area contributed by atoms with Gasteiger partial charge in [-0.2, -0.15) is 5.10 Å². The molecule has 0 amide bonds. The Morgan fingerprint density at radius 3 is 2.74 bits per heavy atom. The molecule has 4 heteroatoms. The van der Waals surface area contributed by atoms with Gasteiger partial charge in [0.05, 0.1) is 11.4 Å². The van der Waals surface area contributed by atoms with Crippen LogP contribution in [0.5, 0.6) is 0 Å². The van der Waals surface area contributed by atoms with Crippen molar-refractivity contribution >= 4 is 5.82 Å². The highest BCUT2D eigenvalue weighted by Crippen LogP contribution is 2.34. The van der Waals surface area contributed by atoms with Crippen LogP contribution >= 0.6 is 0 Å². The van der Waals surface area contributed by atoms with E-state index in [0.29, 0.717) is 0 Å². The van der Waals surface area contributed by atoms with E-state index in [0.717, 1.165) is 41.3 Å². The third-order valence-corrected chi connectivity index (χ3v) is 4.48. The van der Waals surface area contributed by atoms with Crippen molar-refractivity contribution in [2.75, 3.05) is 11.9 Å². The first-order valence-electron chi connectivity index (χ1n) is 7.83. The summed E-state index contributed by atoms with van der Waals surface area (Å²) < 4.78 is 15.5. The zero-order valence-corrected chi connectivity index (χ0v) is 13.2. The Morgan fingerprint density at radius 2 is 1.96 bits per heavy atom. The molecule has 0 aliphatic carbocycles. The summed E-state index contributed by atoms with van der Waals surface area (Å²) in [5.74, 6) is 0.787. The molecule has 23 heavy (non-hydrogen) atoms. The molecule has 1 aliphatic heterocycles. The summed E-state index contributed by atoms with van der Waals surface area (Å²) in [5.41, 5.74) is 6.37. The Labute approximate surface area is 134 Å². The second kappa shape index (κ2) is 5.23. The molecule has 4 rings (SSSR count). The highest BCUT2D eigenvalue weighted by molar-refractivity contribution is 5.72. The zero-order chi connectivity index (χ0) is 16.0. The first kappa shape index (κ1) is 14.0. The van der Waals surface area contributed by atoms with Gasteiger partial charge in [0.15, 0.2) is 0 Å². The highest BCUT2D eigenvalue weighted by atomic mass is 19.1. The van der Waals surface area contributed by atoms with Gasteiger partial charge in [0.25, 0.3) is 0 Å². The normalized spacial score (nSPS) is 13.0. The number of fused-ring (bicyclic) bond motifs is 1. The quantitative estimate of drug-likeness (QED) is 0.766. The lowest BCUT2D eigenvalue weighted by Crippen LogP contribution is -2.04. The molecule has 2 heterocycles. The van der Waals surface area contributed by atoms with Gasteiger partial charge in [-0.05, 0) is 55.7 Å². The van der Waals surface area contributed by atoms with Gasteiger partial charge < -0.3 is 5.32 Å². The van der Waals surface area contributed by atoms with Gasteiger partial charge in [0.2, 0.25) is 0 Å². The Hall–Kier alpha value is -2.62. The number of nitrogens with one attached hydrogen (secondary N) is 1. The molecule has 0 atom stereocenters. The van der Waals surface area contributed by atoms with Crippen molar-refractivity contribution in [1.29, 1.82) is 0 Å². The van der Waals surface area contributed by atoms with Gasteiger partial charge in [0, 0.05) is 17.7 Å². The minimum Gasteiger partial charge on any atom is -0.369 e. The SMILES string of the molecule is Cc1ccc(-n2nc(-c3cccc(F)c3)c3c2NCC3)cc1C. The van der Waals surface area contributed by atoms with Crippen molar-refractivity contribution in [2.45, 2.75) is 20.3 Å². The predicted octanol–water partition coefficient (Wildman–Crippen LogP) is 4.26. The van der Waals surface area contributed by atoms with E-state index in [1.54, 1.807) is 12.1 Å². The molecule has 0 saturated carbocycles. The van der Waals surface area contributed by atoms with Crippen LogP contribution < -0.4 is 5.32 Å². The number of anilines is 1. The second-order valence-corrected chi connectivity index (χ2v) is 6.04. The summed E-state index contributed by atoms with van der Waals surface area (Å²) in [4.78, 5) is 0. The van der Waals surface area contributed by atoms with E-state index < -0.39 is 0 Å². The van der Waals surface area contributed by atoms with E-state index in [1.807, 2.05) is 10.7 Å². The van der Waals surface area contributed by atoms with Crippen molar-refractivity contribution in [2.24, 2.45) is 0 Å². The fourth-order valence-corrected chi connectivity index (χ4v) is 3.09. The first-order valence-corrected chi connectivity index (χ1v) is 7.83. The maximum atomic E-state index is 13.6. The molecule has 1 aliphatic rings. The monoisotopic (exact) mass is 307 g/mol. The largest absolute Gasteiger partial charge is 0.369 e. The van der Waals surface area contributed by atoms with Gasteiger partial charge in [-0.15, -0.1) is 0 Å². The van der Waals surface area contributed by atoms with Crippen LogP contribution in [-0.2, 0) is 6.42 Å². The van der Waals surface area contributed by atoms with Crippen LogP contribution in [0.1, 0.15) is 16.7 Å². The molecule has 1 aromatic heterocycles. The fraction of sp³-hybridized carbons (Fsp3) is 0.211. The molecular weight excluding hydrogens is 289 g/mol. The number of halogens is 1. The molecule has 3 aromatic rings. The lowest BCUT2D eigenvalue weighted by atomic mass is 10.1. The smallest absolute Gasteiger partial charge is 0.133 e. The summed E-state index contributed by atoms with van der Waals surface area (Å²) in [6.07, 6.45) is 0.909. The van der Waals surface area contributed by atoms with Gasteiger partial charge in [-0.25, -0.2) is 9.07 Å². The van der Waals surface area contributed by atoms with Crippen molar-refractivity contribution in [1.82, 2.24) is 9.78 Å². The van der Waals surface area contributed by atoms with E-state index in [4.69, 9.17) is 5.10 Å². The first-order chi connectivity index (χ1) is 11.1. The van der Waals surface area contributed by atoms with Crippen LogP contribution in [0.15, 0.2) is 42.5 Å². The minimum atomic E-state index is -0.233. The van der Waals surface area contributed by atoms with Crippen LogP contribution in [0.3, 0.4) is 0 Å². The average Bonchev–Trinajstić information content (AvgIpc) is 3.12. The molecule has 0 spiro atoms. The van der Waals surface area contributed by atoms with Crippen LogP contribution in [0.2, 0.25) is 0 Å². The number of aromatic nitrogens is 2. The maximum Gasteiger partial charge on any atom is 0.133 e. The molecule has 116 valence electrons. The van der Waals surface area contributed by atoms with E-state index >= 15 is 0 Å². The molecule has 0 unspecified atom stereocenters. The average molecular weight is 307 g/mol. The number of hydrogen-bond donors (Lipinski definition) is 1. The van der Waals surface area contributed by atoms with Crippen LogP contribution in [0.4, 0.5) is 10.2 Å². The lowest BCUT2D eigenvalue weighted by Gasteiger charge is -2.08. The van der Waals surface area contributed by atoms with E-state index in [-0.39, 0.29) is 5.82 Å². The molecule has 1 N–H and O–H groups in total. The third-order valence-electron chi connectivity index (χ3n) is 4.48. The number of nitrogens with zero attached hydrogens (tertiary/aromatic N) is 2. The fourth-order valence-electron chi connectivity index (χ4n) is 3.09. The van der Waals surface area contributed by atoms with Gasteiger partial charge in [-0.3, -0.25) is 0 Å². The molecule has 0 bridgehead atoms. The van der Waals surface area contributed by atoms with Crippen molar-refractivity contribution in [3.63, 3.8) is 0 Å². The summed E-state index contributed by atoms with van der Waals surface area (Å²) in [7, 11) is 0. The standard InChI is InChI=1S/C19H18FN3/c1-12-6-7-16(10-13(12)2)23-19-17(8-9-21-19)18(22-23)14-4-3-5-15(20)11-14/h3-7,10-11,21H,8-9H2,1-2H3. The van der Waals surface area contributed by atoms with Crippen molar-refractivity contribution in [3.8, 4) is 16.9 Å². The Bertz CT molecular complexity index is 896. The molecule has 0 fully saturated rings. The number of hydrogen-bond acceptors (Lipinski definition) is 2. The highest BCUT2D eigenvalue weighted by Gasteiger charge is 2.24. The maximum absolute atomic E-state index is 13.6. The lowest BCUT2D eigenvalue weighted by molar-refractivity contribution is 0.628. The Kier molecular flexibility index (Phi) is 3.18. The molecule has 0 saturated heterocycles. The van der Waals surface area contributed by atoms with Crippen molar-refractivity contribution in [3.05, 3.63) is 65.0 Å². The van der Waals surface area contributed by atoms with E-state index in [9.17, 15) is 4.39 Å². The summed E-state index contributed by atoms with van der Waals surface area (Å²) in [6.45, 7) is 5.09. The summed E-state index contributed by atoms with van der Waals surface area (Å²) in [6, 6.07) is 13.0. The number of rotatable bonds is 2. The third kappa shape index (κ3) is 2.31. The summed E-state index contributed by atoms with van der Waals surface area (Å²) in [5, 5.41) is 8.18. The number of aryl methyl sites for hydroxylation is 2. The van der Waals surface area contributed by atoms with Gasteiger partial charge in [-0.1, -0.05) is 18.2 Å². The minimum absolute atomic E-state index is 0.233. The molecule has 2 aromatic carbocycles.